The summed E-state index contributed by atoms with van der Waals surface area (Å²) in [6.45, 7) is 1.78. The van der Waals surface area contributed by atoms with E-state index in [2.05, 4.69) is 15.9 Å². The van der Waals surface area contributed by atoms with Crippen molar-refractivity contribution in [3.8, 4) is 0 Å². The number of aromatic nitrogens is 1. The molecule has 1 atom stereocenters. The second kappa shape index (κ2) is 4.62. The van der Waals surface area contributed by atoms with E-state index in [9.17, 15) is 4.79 Å². The molecule has 0 spiro atoms. The van der Waals surface area contributed by atoms with Gasteiger partial charge in [-0.3, -0.25) is 14.8 Å². The van der Waals surface area contributed by atoms with Gasteiger partial charge in [0, 0.05) is 4.47 Å². The maximum absolute atomic E-state index is 11.9. The minimum atomic E-state index is -0.387. The standard InChI is InChI=1S/C11H11BrN2O2S/c1-6(10(13)16-2)14-8-4-3-7(12)5-9(8)17-11(14)15/h3-6,13H,1-2H3. The summed E-state index contributed by atoms with van der Waals surface area (Å²) >= 11 is 4.55. The molecule has 6 heteroatoms. The van der Waals surface area contributed by atoms with Crippen LogP contribution in [0.15, 0.2) is 27.5 Å². The summed E-state index contributed by atoms with van der Waals surface area (Å²) in [4.78, 5) is 11.8. The van der Waals surface area contributed by atoms with Crippen molar-refractivity contribution in [2.75, 3.05) is 7.11 Å². The Morgan fingerprint density at radius 2 is 2.29 bits per heavy atom. The van der Waals surface area contributed by atoms with E-state index in [4.69, 9.17) is 10.1 Å². The Hall–Kier alpha value is -1.14. The molecule has 1 aromatic carbocycles. The lowest BCUT2D eigenvalue weighted by atomic mass is 10.3. The van der Waals surface area contributed by atoms with Crippen molar-refractivity contribution in [3.63, 3.8) is 0 Å². The summed E-state index contributed by atoms with van der Waals surface area (Å²) < 4.78 is 8.30. The fourth-order valence-corrected chi connectivity index (χ4v) is 3.18. The van der Waals surface area contributed by atoms with Crippen LogP contribution < -0.4 is 4.87 Å². The van der Waals surface area contributed by atoms with E-state index < -0.39 is 0 Å². The van der Waals surface area contributed by atoms with Gasteiger partial charge in [0.2, 0.25) is 5.90 Å². The van der Waals surface area contributed by atoms with E-state index in [0.29, 0.717) is 0 Å². The lowest BCUT2D eigenvalue weighted by molar-refractivity contribution is 0.365. The molecule has 1 N–H and O–H groups in total. The van der Waals surface area contributed by atoms with Gasteiger partial charge in [-0.1, -0.05) is 27.3 Å². The average Bonchev–Trinajstić information content (AvgIpc) is 2.62. The number of rotatable bonds is 2. The third-order valence-electron chi connectivity index (χ3n) is 2.56. The monoisotopic (exact) mass is 314 g/mol. The fraction of sp³-hybridized carbons (Fsp3) is 0.273. The second-order valence-corrected chi connectivity index (χ2v) is 5.50. The maximum Gasteiger partial charge on any atom is 0.308 e. The molecule has 0 radical (unpaired) electrons. The van der Waals surface area contributed by atoms with Gasteiger partial charge in [-0.25, -0.2) is 0 Å². The zero-order chi connectivity index (χ0) is 12.6. The van der Waals surface area contributed by atoms with Gasteiger partial charge in [0.1, 0.15) is 6.04 Å². The molecule has 0 amide bonds. The largest absolute Gasteiger partial charge is 0.483 e. The van der Waals surface area contributed by atoms with Gasteiger partial charge < -0.3 is 4.74 Å². The van der Waals surface area contributed by atoms with Crippen molar-refractivity contribution in [2.45, 2.75) is 13.0 Å². The molecule has 0 saturated heterocycles. The first-order chi connectivity index (χ1) is 8.04. The van der Waals surface area contributed by atoms with Crippen LogP contribution in [0.4, 0.5) is 0 Å². The molecule has 0 aliphatic rings. The summed E-state index contributed by atoms with van der Waals surface area (Å²) in [5, 5.41) is 7.65. The van der Waals surface area contributed by atoms with Crippen LogP contribution in [0.3, 0.4) is 0 Å². The SMILES string of the molecule is COC(=N)C(C)n1c(=O)sc2cc(Br)ccc21. The molecule has 0 saturated carbocycles. The molecule has 90 valence electrons. The Morgan fingerprint density at radius 1 is 1.59 bits per heavy atom. The van der Waals surface area contributed by atoms with Gasteiger partial charge >= 0.3 is 4.87 Å². The molecule has 0 fully saturated rings. The number of fused-ring (bicyclic) bond motifs is 1. The van der Waals surface area contributed by atoms with Crippen molar-refractivity contribution in [1.82, 2.24) is 4.57 Å². The summed E-state index contributed by atoms with van der Waals surface area (Å²) in [5.74, 6) is 0.0784. The number of benzene rings is 1. The molecule has 2 aromatic rings. The van der Waals surface area contributed by atoms with Gasteiger partial charge in [0.15, 0.2) is 0 Å². The predicted octanol–water partition coefficient (Wildman–Crippen LogP) is 3.01. The molecule has 4 nitrogen and oxygen atoms in total. The van der Waals surface area contributed by atoms with Crippen LogP contribution in [0.1, 0.15) is 13.0 Å². The molecule has 0 aliphatic carbocycles. The van der Waals surface area contributed by atoms with Crippen LogP contribution >= 0.6 is 27.3 Å². The highest BCUT2D eigenvalue weighted by Crippen LogP contribution is 2.24. The number of thiazole rings is 1. The smallest absolute Gasteiger partial charge is 0.308 e. The highest BCUT2D eigenvalue weighted by molar-refractivity contribution is 9.10. The first kappa shape index (κ1) is 12.3. The van der Waals surface area contributed by atoms with E-state index in [1.54, 1.807) is 11.5 Å². The lowest BCUT2D eigenvalue weighted by Crippen LogP contribution is -2.24. The zero-order valence-electron chi connectivity index (χ0n) is 9.36. The normalized spacial score (nSPS) is 12.6. The molecule has 1 aromatic heterocycles. The molecule has 1 unspecified atom stereocenters. The number of nitrogens with zero attached hydrogens (tertiary/aromatic N) is 1. The Morgan fingerprint density at radius 3 is 2.94 bits per heavy atom. The van der Waals surface area contributed by atoms with E-state index in [-0.39, 0.29) is 16.8 Å². The number of methoxy groups -OCH3 is 1. The van der Waals surface area contributed by atoms with Crippen LogP contribution in [-0.2, 0) is 4.74 Å². The Kier molecular flexibility index (Phi) is 3.35. The molecular weight excluding hydrogens is 304 g/mol. The van der Waals surface area contributed by atoms with Crippen LogP contribution in [0.25, 0.3) is 10.2 Å². The van der Waals surface area contributed by atoms with Gasteiger partial charge in [-0.2, -0.15) is 0 Å². The third kappa shape index (κ3) is 2.14. The first-order valence-corrected chi connectivity index (χ1v) is 6.58. The van der Waals surface area contributed by atoms with Crippen molar-refractivity contribution < 1.29 is 4.74 Å². The van der Waals surface area contributed by atoms with E-state index >= 15 is 0 Å². The van der Waals surface area contributed by atoms with Gasteiger partial charge in [-0.05, 0) is 25.1 Å². The Labute approximate surface area is 110 Å². The van der Waals surface area contributed by atoms with Crippen LogP contribution in [0.5, 0.6) is 0 Å². The van der Waals surface area contributed by atoms with Gasteiger partial charge in [0.05, 0.1) is 17.3 Å². The number of hydrogen-bond acceptors (Lipinski definition) is 4. The van der Waals surface area contributed by atoms with E-state index in [0.717, 1.165) is 14.7 Å². The summed E-state index contributed by atoms with van der Waals surface area (Å²) in [6, 6.07) is 5.27. The maximum atomic E-state index is 11.9. The minimum Gasteiger partial charge on any atom is -0.483 e. The Bertz CT molecular complexity index is 632. The molecule has 0 aliphatic heterocycles. The predicted molar refractivity (Wildman–Crippen MR) is 73.2 cm³/mol. The van der Waals surface area contributed by atoms with Crippen molar-refractivity contribution in [1.29, 1.82) is 5.41 Å². The topological polar surface area (TPSA) is 55.1 Å². The molecular formula is C11H11BrN2O2S. The lowest BCUT2D eigenvalue weighted by Gasteiger charge is -2.13. The Balaban J connectivity index is 2.65. The molecule has 0 bridgehead atoms. The van der Waals surface area contributed by atoms with Crippen molar-refractivity contribution in [3.05, 3.63) is 32.3 Å². The number of halogens is 1. The number of hydrogen-bond donors (Lipinski definition) is 1. The summed E-state index contributed by atoms with van der Waals surface area (Å²) in [7, 11) is 1.44. The highest BCUT2D eigenvalue weighted by atomic mass is 79.9. The van der Waals surface area contributed by atoms with Gasteiger partial charge in [-0.15, -0.1) is 0 Å². The molecule has 1 heterocycles. The van der Waals surface area contributed by atoms with E-state index in [1.165, 1.54) is 18.4 Å². The number of ether oxygens (including phenoxy) is 1. The number of nitrogens with one attached hydrogen (secondary N) is 1. The van der Waals surface area contributed by atoms with Crippen LogP contribution in [-0.4, -0.2) is 17.6 Å². The van der Waals surface area contributed by atoms with Crippen LogP contribution in [0, 0.1) is 5.41 Å². The van der Waals surface area contributed by atoms with Gasteiger partial charge in [0.25, 0.3) is 0 Å². The third-order valence-corrected chi connectivity index (χ3v) is 3.97. The average molecular weight is 315 g/mol. The van der Waals surface area contributed by atoms with Crippen molar-refractivity contribution >= 4 is 43.4 Å². The molecule has 2 rings (SSSR count). The fourth-order valence-electron chi connectivity index (χ4n) is 1.66. The quantitative estimate of drug-likeness (QED) is 0.684. The van der Waals surface area contributed by atoms with Crippen molar-refractivity contribution in [2.24, 2.45) is 0 Å². The zero-order valence-corrected chi connectivity index (χ0v) is 11.8. The van der Waals surface area contributed by atoms with E-state index in [1.807, 2.05) is 18.2 Å². The van der Waals surface area contributed by atoms with Crippen LogP contribution in [0.2, 0.25) is 0 Å². The first-order valence-electron chi connectivity index (χ1n) is 4.97. The highest BCUT2D eigenvalue weighted by Gasteiger charge is 2.17. The summed E-state index contributed by atoms with van der Waals surface area (Å²) in [5.41, 5.74) is 0.831. The second-order valence-electron chi connectivity index (χ2n) is 3.59. The molecule has 17 heavy (non-hydrogen) atoms. The minimum absolute atomic E-state index is 0.0765. The summed E-state index contributed by atoms with van der Waals surface area (Å²) in [6.07, 6.45) is 0.